The molecule has 0 aliphatic carbocycles. The van der Waals surface area contributed by atoms with Crippen LogP contribution in [0.25, 0.3) is 5.69 Å². The number of nitro groups is 1. The smallest absolute Gasteiger partial charge is 0.258 e. The number of halogens is 1. The Balaban J connectivity index is 2.37. The van der Waals surface area contributed by atoms with E-state index in [0.717, 1.165) is 23.4 Å². The molecule has 0 radical (unpaired) electrons. The first-order valence-electron chi connectivity index (χ1n) is 5.84. The molecule has 6 nitrogen and oxygen atoms in total. The molecule has 0 saturated carbocycles. The van der Waals surface area contributed by atoms with E-state index in [1.54, 1.807) is 10.7 Å². The van der Waals surface area contributed by atoms with Crippen molar-refractivity contribution in [1.82, 2.24) is 15.0 Å². The van der Waals surface area contributed by atoms with Gasteiger partial charge in [0.05, 0.1) is 27.3 Å². The highest BCUT2D eigenvalue weighted by Crippen LogP contribution is 2.25. The number of benzene rings is 1. The summed E-state index contributed by atoms with van der Waals surface area (Å²) in [6, 6.07) is 4.68. The Morgan fingerprint density at radius 2 is 2.26 bits per heavy atom. The first-order chi connectivity index (χ1) is 9.02. The van der Waals surface area contributed by atoms with Crippen molar-refractivity contribution in [2.45, 2.75) is 25.1 Å². The Bertz CT molecular complexity index is 612. The standard InChI is InChI=1S/C12H13BrN4O2/c1-3-10(13)11-7-16(15-14-11)12-5-4-9(17(18)19)6-8(12)2/h4-7,10H,3H2,1-2H3. The van der Waals surface area contributed by atoms with Crippen molar-refractivity contribution in [2.75, 3.05) is 0 Å². The predicted molar refractivity (Wildman–Crippen MR) is 74.7 cm³/mol. The Kier molecular flexibility index (Phi) is 3.94. The van der Waals surface area contributed by atoms with E-state index >= 15 is 0 Å². The molecule has 1 aromatic carbocycles. The van der Waals surface area contributed by atoms with Crippen molar-refractivity contribution >= 4 is 21.6 Å². The molecule has 0 N–H and O–H groups in total. The number of alkyl halides is 1. The molecule has 2 aromatic rings. The van der Waals surface area contributed by atoms with E-state index in [0.29, 0.717) is 0 Å². The maximum atomic E-state index is 10.7. The molecule has 0 saturated heterocycles. The number of aryl methyl sites for hydroxylation is 1. The summed E-state index contributed by atoms with van der Waals surface area (Å²) >= 11 is 3.51. The molecule has 19 heavy (non-hydrogen) atoms. The minimum atomic E-state index is -0.408. The monoisotopic (exact) mass is 324 g/mol. The summed E-state index contributed by atoms with van der Waals surface area (Å²) in [5.41, 5.74) is 2.50. The molecule has 0 spiro atoms. The van der Waals surface area contributed by atoms with Gasteiger partial charge in [-0.3, -0.25) is 10.1 Å². The third-order valence-corrected chi connectivity index (χ3v) is 3.95. The highest BCUT2D eigenvalue weighted by molar-refractivity contribution is 9.09. The van der Waals surface area contributed by atoms with Gasteiger partial charge in [-0.2, -0.15) is 0 Å². The van der Waals surface area contributed by atoms with Gasteiger partial charge in [-0.25, -0.2) is 4.68 Å². The van der Waals surface area contributed by atoms with Crippen LogP contribution in [0.2, 0.25) is 0 Å². The molecule has 0 amide bonds. The van der Waals surface area contributed by atoms with E-state index in [2.05, 4.69) is 33.2 Å². The minimum absolute atomic E-state index is 0.0773. The zero-order chi connectivity index (χ0) is 14.0. The van der Waals surface area contributed by atoms with Gasteiger partial charge in [-0.15, -0.1) is 5.10 Å². The van der Waals surface area contributed by atoms with Gasteiger partial charge in [0.1, 0.15) is 0 Å². The number of non-ortho nitro benzene ring substituents is 1. The second-order valence-electron chi connectivity index (χ2n) is 4.19. The lowest BCUT2D eigenvalue weighted by molar-refractivity contribution is -0.384. The summed E-state index contributed by atoms with van der Waals surface area (Å²) in [7, 11) is 0. The predicted octanol–water partition coefficient (Wildman–Crippen LogP) is 3.33. The maximum Gasteiger partial charge on any atom is 0.269 e. The van der Waals surface area contributed by atoms with E-state index in [-0.39, 0.29) is 10.5 Å². The highest BCUT2D eigenvalue weighted by atomic mass is 79.9. The van der Waals surface area contributed by atoms with Crippen LogP contribution in [-0.2, 0) is 0 Å². The summed E-state index contributed by atoms with van der Waals surface area (Å²) in [6.07, 6.45) is 2.75. The van der Waals surface area contributed by atoms with Crippen LogP contribution >= 0.6 is 15.9 Å². The molecular weight excluding hydrogens is 312 g/mol. The van der Waals surface area contributed by atoms with Crippen molar-refractivity contribution in [3.05, 3.63) is 45.8 Å². The van der Waals surface area contributed by atoms with Crippen LogP contribution in [0.5, 0.6) is 0 Å². The van der Waals surface area contributed by atoms with Gasteiger partial charge < -0.3 is 0 Å². The zero-order valence-electron chi connectivity index (χ0n) is 10.6. The SMILES string of the molecule is CCC(Br)c1cn(-c2ccc([N+](=O)[O-])cc2C)nn1. The van der Waals surface area contributed by atoms with Crippen molar-refractivity contribution in [2.24, 2.45) is 0 Å². The largest absolute Gasteiger partial charge is 0.269 e. The Morgan fingerprint density at radius 1 is 1.53 bits per heavy atom. The lowest BCUT2D eigenvalue weighted by Crippen LogP contribution is -1.99. The maximum absolute atomic E-state index is 10.7. The first-order valence-corrected chi connectivity index (χ1v) is 6.76. The second-order valence-corrected chi connectivity index (χ2v) is 5.30. The summed E-state index contributed by atoms with van der Waals surface area (Å²) in [5.74, 6) is 0. The molecule has 7 heteroatoms. The normalized spacial score (nSPS) is 12.4. The number of aromatic nitrogens is 3. The second kappa shape index (κ2) is 5.48. The van der Waals surface area contributed by atoms with E-state index in [1.807, 2.05) is 13.1 Å². The van der Waals surface area contributed by atoms with Crippen LogP contribution < -0.4 is 0 Å². The van der Waals surface area contributed by atoms with Crippen LogP contribution in [0.4, 0.5) is 5.69 Å². The van der Waals surface area contributed by atoms with E-state index in [9.17, 15) is 10.1 Å². The number of nitrogens with zero attached hydrogens (tertiary/aromatic N) is 4. The van der Waals surface area contributed by atoms with Gasteiger partial charge in [-0.05, 0) is 25.0 Å². The quantitative estimate of drug-likeness (QED) is 0.491. The molecule has 0 fully saturated rings. The zero-order valence-corrected chi connectivity index (χ0v) is 12.2. The van der Waals surface area contributed by atoms with Gasteiger partial charge in [0.15, 0.2) is 0 Å². The summed E-state index contributed by atoms with van der Waals surface area (Å²) in [5, 5.41) is 18.8. The van der Waals surface area contributed by atoms with E-state index in [4.69, 9.17) is 0 Å². The van der Waals surface area contributed by atoms with Crippen LogP contribution in [-0.4, -0.2) is 19.9 Å². The topological polar surface area (TPSA) is 73.8 Å². The van der Waals surface area contributed by atoms with Gasteiger partial charge in [0.2, 0.25) is 0 Å². The Hall–Kier alpha value is -1.76. The lowest BCUT2D eigenvalue weighted by Gasteiger charge is -2.04. The van der Waals surface area contributed by atoms with E-state index < -0.39 is 4.92 Å². The van der Waals surface area contributed by atoms with Crippen LogP contribution in [0.15, 0.2) is 24.4 Å². The highest BCUT2D eigenvalue weighted by Gasteiger charge is 2.13. The van der Waals surface area contributed by atoms with Gasteiger partial charge in [0.25, 0.3) is 5.69 Å². The van der Waals surface area contributed by atoms with E-state index in [1.165, 1.54) is 12.1 Å². The van der Waals surface area contributed by atoms with Crippen LogP contribution in [0.3, 0.4) is 0 Å². The fraction of sp³-hybridized carbons (Fsp3) is 0.333. The van der Waals surface area contributed by atoms with Crippen LogP contribution in [0.1, 0.15) is 29.4 Å². The fourth-order valence-corrected chi connectivity index (χ4v) is 1.97. The number of hydrogen-bond acceptors (Lipinski definition) is 4. The van der Waals surface area contributed by atoms with Gasteiger partial charge >= 0.3 is 0 Å². The van der Waals surface area contributed by atoms with Gasteiger partial charge in [-0.1, -0.05) is 28.1 Å². The first kappa shape index (κ1) is 13.7. The third-order valence-electron chi connectivity index (χ3n) is 2.83. The molecule has 0 aliphatic rings. The summed E-state index contributed by atoms with van der Waals surface area (Å²) < 4.78 is 1.64. The molecule has 1 aromatic heterocycles. The van der Waals surface area contributed by atoms with Gasteiger partial charge in [0, 0.05) is 12.1 Å². The molecule has 1 atom stereocenters. The lowest BCUT2D eigenvalue weighted by atomic mass is 10.2. The van der Waals surface area contributed by atoms with Crippen LogP contribution in [0, 0.1) is 17.0 Å². The Labute approximate surface area is 118 Å². The fourth-order valence-electron chi connectivity index (χ4n) is 1.76. The van der Waals surface area contributed by atoms with Crippen molar-refractivity contribution in [3.63, 3.8) is 0 Å². The third kappa shape index (κ3) is 2.81. The minimum Gasteiger partial charge on any atom is -0.258 e. The van der Waals surface area contributed by atoms with Crippen molar-refractivity contribution in [1.29, 1.82) is 0 Å². The average molecular weight is 325 g/mol. The summed E-state index contributed by atoms with van der Waals surface area (Å²) in [4.78, 5) is 10.5. The summed E-state index contributed by atoms with van der Waals surface area (Å²) in [6.45, 7) is 3.87. The molecule has 1 heterocycles. The molecule has 2 rings (SSSR count). The number of nitro benzene ring substituents is 1. The van der Waals surface area contributed by atoms with Crippen molar-refractivity contribution < 1.29 is 4.92 Å². The number of hydrogen-bond donors (Lipinski definition) is 0. The Morgan fingerprint density at radius 3 is 2.84 bits per heavy atom. The average Bonchev–Trinajstić information content (AvgIpc) is 2.87. The molecular formula is C12H13BrN4O2. The number of rotatable bonds is 4. The molecule has 100 valence electrons. The molecule has 0 aliphatic heterocycles. The molecule has 0 bridgehead atoms. The van der Waals surface area contributed by atoms with Crippen molar-refractivity contribution in [3.8, 4) is 5.69 Å². The molecule has 1 unspecified atom stereocenters.